The Morgan fingerprint density at radius 1 is 1.52 bits per heavy atom. The smallest absolute Gasteiger partial charge is 0.272 e. The Balaban J connectivity index is 1.93. The molecule has 1 atom stereocenters. The highest BCUT2D eigenvalue weighted by molar-refractivity contribution is 5.45. The Hall–Kier alpha value is -1.66. The summed E-state index contributed by atoms with van der Waals surface area (Å²) in [6, 6.07) is 4.89. The van der Waals surface area contributed by atoms with Crippen molar-refractivity contribution in [1.29, 1.82) is 0 Å². The van der Waals surface area contributed by atoms with E-state index in [-0.39, 0.29) is 10.6 Å². The van der Waals surface area contributed by atoms with Gasteiger partial charge in [-0.25, -0.2) is 5.01 Å². The van der Waals surface area contributed by atoms with Gasteiger partial charge in [0.05, 0.1) is 12.0 Å². The average molecular weight is 293 g/mol. The lowest BCUT2D eigenvalue weighted by atomic mass is 10.0. The largest absolute Gasteiger partial charge is 0.497 e. The molecule has 1 aromatic rings. The van der Waals surface area contributed by atoms with Crippen LogP contribution in [0.5, 0.6) is 5.75 Å². The van der Waals surface area contributed by atoms with Gasteiger partial charge in [-0.15, -0.1) is 0 Å². The second-order valence-corrected chi connectivity index (χ2v) is 5.60. The van der Waals surface area contributed by atoms with Crippen molar-refractivity contribution in [3.63, 3.8) is 0 Å². The number of piperidine rings is 1. The maximum absolute atomic E-state index is 11.1. The number of nitro groups is 1. The first-order chi connectivity index (χ1) is 10.1. The molecule has 0 amide bonds. The minimum Gasteiger partial charge on any atom is -0.497 e. The molecule has 6 heteroatoms. The van der Waals surface area contributed by atoms with Crippen LogP contribution >= 0.6 is 0 Å². The van der Waals surface area contributed by atoms with E-state index < -0.39 is 0 Å². The third-order valence-corrected chi connectivity index (χ3v) is 3.87. The van der Waals surface area contributed by atoms with E-state index in [0.29, 0.717) is 30.2 Å². The summed E-state index contributed by atoms with van der Waals surface area (Å²) in [6.07, 6.45) is 3.09. The monoisotopic (exact) mass is 293 g/mol. The van der Waals surface area contributed by atoms with Crippen molar-refractivity contribution < 1.29 is 9.66 Å². The Morgan fingerprint density at radius 3 is 3.00 bits per heavy atom. The van der Waals surface area contributed by atoms with Gasteiger partial charge in [-0.3, -0.25) is 15.5 Å². The number of nitrogens with zero attached hydrogens (tertiary/aromatic N) is 2. The van der Waals surface area contributed by atoms with Crippen LogP contribution in [0, 0.1) is 16.0 Å². The molecule has 0 saturated carbocycles. The third-order valence-electron chi connectivity index (χ3n) is 3.87. The lowest BCUT2D eigenvalue weighted by Gasteiger charge is -2.31. The maximum atomic E-state index is 11.1. The summed E-state index contributed by atoms with van der Waals surface area (Å²) >= 11 is 0. The average Bonchev–Trinajstić information content (AvgIpc) is 2.47. The van der Waals surface area contributed by atoms with E-state index in [9.17, 15) is 10.1 Å². The molecule has 1 aliphatic heterocycles. The zero-order valence-corrected chi connectivity index (χ0v) is 12.7. The fourth-order valence-corrected chi connectivity index (χ4v) is 2.75. The topological polar surface area (TPSA) is 67.6 Å². The van der Waals surface area contributed by atoms with Crippen molar-refractivity contribution in [2.24, 2.45) is 5.92 Å². The molecule has 1 fully saturated rings. The van der Waals surface area contributed by atoms with E-state index in [1.54, 1.807) is 19.2 Å². The standard InChI is InChI=1S/C15H23N3O3/c1-12-4-3-9-17(11-12)16-8-7-13-10-14(21-2)5-6-15(13)18(19)20/h5-6,10,12,16H,3-4,7-9,11H2,1-2H3. The maximum Gasteiger partial charge on any atom is 0.272 e. The number of nitrogens with one attached hydrogen (secondary N) is 1. The number of methoxy groups -OCH3 is 1. The van der Waals surface area contributed by atoms with Crippen molar-refractivity contribution in [2.75, 3.05) is 26.7 Å². The first kappa shape index (κ1) is 15.7. The van der Waals surface area contributed by atoms with Crippen LogP contribution in [0.3, 0.4) is 0 Å². The molecule has 2 rings (SSSR count). The van der Waals surface area contributed by atoms with Gasteiger partial charge >= 0.3 is 0 Å². The molecule has 1 unspecified atom stereocenters. The van der Waals surface area contributed by atoms with Gasteiger partial charge in [-0.1, -0.05) is 6.92 Å². The van der Waals surface area contributed by atoms with Gasteiger partial charge in [-0.2, -0.15) is 0 Å². The summed E-state index contributed by atoms with van der Waals surface area (Å²) in [4.78, 5) is 10.7. The SMILES string of the molecule is COc1ccc([N+](=O)[O-])c(CCNN2CCCC(C)C2)c1. The van der Waals surface area contributed by atoms with Crippen LogP contribution in [0.4, 0.5) is 5.69 Å². The van der Waals surface area contributed by atoms with Gasteiger partial charge in [0.25, 0.3) is 5.69 Å². The van der Waals surface area contributed by atoms with Crippen LogP contribution < -0.4 is 10.2 Å². The molecule has 0 bridgehead atoms. The van der Waals surface area contributed by atoms with Crippen LogP contribution in [0.2, 0.25) is 0 Å². The Bertz CT molecular complexity index is 493. The third kappa shape index (κ3) is 4.41. The quantitative estimate of drug-likeness (QED) is 0.644. The van der Waals surface area contributed by atoms with E-state index in [1.807, 2.05) is 0 Å². The highest BCUT2D eigenvalue weighted by Crippen LogP contribution is 2.24. The van der Waals surface area contributed by atoms with Crippen molar-refractivity contribution in [2.45, 2.75) is 26.2 Å². The number of hydrogen-bond acceptors (Lipinski definition) is 5. The first-order valence-electron chi connectivity index (χ1n) is 7.40. The number of nitro benzene ring substituents is 1. The molecular formula is C15H23N3O3. The van der Waals surface area contributed by atoms with Crippen molar-refractivity contribution >= 4 is 5.69 Å². The molecule has 1 aromatic carbocycles. The van der Waals surface area contributed by atoms with Crippen LogP contribution in [-0.4, -0.2) is 36.7 Å². The van der Waals surface area contributed by atoms with E-state index in [4.69, 9.17) is 4.74 Å². The van der Waals surface area contributed by atoms with E-state index in [0.717, 1.165) is 13.1 Å². The molecule has 1 heterocycles. The number of hydrazine groups is 1. The van der Waals surface area contributed by atoms with Crippen molar-refractivity contribution in [1.82, 2.24) is 10.4 Å². The van der Waals surface area contributed by atoms with E-state index in [1.165, 1.54) is 18.9 Å². The fourth-order valence-electron chi connectivity index (χ4n) is 2.75. The molecule has 0 radical (unpaired) electrons. The summed E-state index contributed by atoms with van der Waals surface area (Å²) in [7, 11) is 1.57. The molecule has 1 N–H and O–H groups in total. The van der Waals surface area contributed by atoms with Gasteiger partial charge in [0.1, 0.15) is 5.75 Å². The van der Waals surface area contributed by atoms with Crippen LogP contribution in [0.1, 0.15) is 25.3 Å². The highest BCUT2D eigenvalue weighted by Gasteiger charge is 2.17. The molecule has 6 nitrogen and oxygen atoms in total. The molecule has 0 spiro atoms. The van der Waals surface area contributed by atoms with Crippen molar-refractivity contribution in [3.05, 3.63) is 33.9 Å². The zero-order valence-electron chi connectivity index (χ0n) is 12.7. The fraction of sp³-hybridized carbons (Fsp3) is 0.600. The van der Waals surface area contributed by atoms with E-state index >= 15 is 0 Å². The van der Waals surface area contributed by atoms with Gasteiger partial charge in [0.2, 0.25) is 0 Å². The summed E-state index contributed by atoms with van der Waals surface area (Å²) in [5.41, 5.74) is 4.24. The highest BCUT2D eigenvalue weighted by atomic mass is 16.6. The van der Waals surface area contributed by atoms with Gasteiger partial charge in [0.15, 0.2) is 0 Å². The number of rotatable bonds is 6. The van der Waals surface area contributed by atoms with Crippen molar-refractivity contribution in [3.8, 4) is 5.75 Å². The summed E-state index contributed by atoms with van der Waals surface area (Å²) in [5, 5.41) is 13.3. The second-order valence-electron chi connectivity index (χ2n) is 5.60. The summed E-state index contributed by atoms with van der Waals surface area (Å²) in [5.74, 6) is 1.36. The predicted molar refractivity (Wildman–Crippen MR) is 81.3 cm³/mol. The Kier molecular flexibility index (Phi) is 5.52. The predicted octanol–water partition coefficient (Wildman–Crippen LogP) is 2.38. The molecule has 1 aliphatic rings. The summed E-state index contributed by atoms with van der Waals surface area (Å²) in [6.45, 7) is 5.03. The molecule has 1 saturated heterocycles. The minimum absolute atomic E-state index is 0.157. The van der Waals surface area contributed by atoms with Crippen LogP contribution in [0.15, 0.2) is 18.2 Å². The minimum atomic E-state index is -0.336. The van der Waals surface area contributed by atoms with Gasteiger partial charge in [0, 0.05) is 31.3 Å². The number of hydrogen-bond donors (Lipinski definition) is 1. The second kappa shape index (κ2) is 7.38. The lowest BCUT2D eigenvalue weighted by Crippen LogP contribution is -2.45. The van der Waals surface area contributed by atoms with Gasteiger partial charge < -0.3 is 4.74 Å². The molecule has 0 aromatic heterocycles. The van der Waals surface area contributed by atoms with Gasteiger partial charge in [-0.05, 0) is 37.3 Å². The molecule has 116 valence electrons. The molecule has 0 aliphatic carbocycles. The van der Waals surface area contributed by atoms with Crippen LogP contribution in [0.25, 0.3) is 0 Å². The Morgan fingerprint density at radius 2 is 2.33 bits per heavy atom. The normalized spacial score (nSPS) is 19.4. The zero-order chi connectivity index (χ0) is 15.2. The molecule has 21 heavy (non-hydrogen) atoms. The van der Waals surface area contributed by atoms with E-state index in [2.05, 4.69) is 17.4 Å². The first-order valence-corrected chi connectivity index (χ1v) is 7.40. The number of benzene rings is 1. The van der Waals surface area contributed by atoms with Crippen LogP contribution in [-0.2, 0) is 6.42 Å². The summed E-state index contributed by atoms with van der Waals surface area (Å²) < 4.78 is 5.15. The lowest BCUT2D eigenvalue weighted by molar-refractivity contribution is -0.385. The number of ether oxygens (including phenoxy) is 1. The Labute approximate surface area is 125 Å². The molecular weight excluding hydrogens is 270 g/mol.